The number of aromatic nitrogens is 3. The predicted octanol–water partition coefficient (Wildman–Crippen LogP) is 6.50. The number of thioether (sulfide) groups is 1. The highest BCUT2D eigenvalue weighted by Gasteiger charge is 2.27. The molecule has 4 aromatic rings. The van der Waals surface area contributed by atoms with Gasteiger partial charge < -0.3 is 19.5 Å². The Labute approximate surface area is 216 Å². The number of fused-ring (bicyclic) bond motifs is 3. The Balaban J connectivity index is 1.50. The number of ether oxygens (including phenoxy) is 3. The van der Waals surface area contributed by atoms with Gasteiger partial charge >= 0.3 is 0 Å². The van der Waals surface area contributed by atoms with Crippen LogP contribution in [-0.2, 0) is 6.61 Å². The fourth-order valence-electron chi connectivity index (χ4n) is 3.75. The van der Waals surface area contributed by atoms with Crippen LogP contribution in [0.5, 0.6) is 17.4 Å². The molecule has 178 valence electrons. The summed E-state index contributed by atoms with van der Waals surface area (Å²) in [6.07, 6.45) is -0.540. The molecule has 1 N–H and O–H groups in total. The largest absolute Gasteiger partial charge is 0.493 e. The number of nitrogens with one attached hydrogen (secondary N) is 1. The van der Waals surface area contributed by atoms with Gasteiger partial charge in [-0.25, -0.2) is 0 Å². The first-order chi connectivity index (χ1) is 17.2. The Kier molecular flexibility index (Phi) is 7.06. The van der Waals surface area contributed by atoms with Crippen molar-refractivity contribution in [3.63, 3.8) is 0 Å². The van der Waals surface area contributed by atoms with Crippen molar-refractivity contribution in [3.8, 4) is 28.6 Å². The van der Waals surface area contributed by atoms with Crippen LogP contribution in [0.4, 0.5) is 5.69 Å². The minimum Gasteiger partial charge on any atom is -0.493 e. The summed E-state index contributed by atoms with van der Waals surface area (Å²) < 4.78 is 18.9. The van der Waals surface area contributed by atoms with Gasteiger partial charge in [0.2, 0.25) is 11.0 Å². The first-order valence-electron chi connectivity index (χ1n) is 11.1. The molecule has 7 nitrogen and oxygen atoms in total. The van der Waals surface area contributed by atoms with Crippen LogP contribution < -0.4 is 19.5 Å². The van der Waals surface area contributed by atoms with Crippen LogP contribution in [0.25, 0.3) is 11.3 Å². The molecule has 1 atom stereocenters. The topological polar surface area (TPSA) is 78.4 Å². The highest BCUT2D eigenvalue weighted by molar-refractivity contribution is 9.10. The fraction of sp³-hybridized carbons (Fsp3) is 0.192. The summed E-state index contributed by atoms with van der Waals surface area (Å²) in [5, 5.41) is 12.8. The lowest BCUT2D eigenvalue weighted by Crippen LogP contribution is -2.17. The molecule has 0 fully saturated rings. The van der Waals surface area contributed by atoms with E-state index in [4.69, 9.17) is 14.2 Å². The Morgan fingerprint density at radius 3 is 2.66 bits per heavy atom. The van der Waals surface area contributed by atoms with E-state index >= 15 is 0 Å². The minimum absolute atomic E-state index is 0.425. The van der Waals surface area contributed by atoms with Crippen LogP contribution >= 0.6 is 27.7 Å². The minimum atomic E-state index is -0.540. The van der Waals surface area contributed by atoms with Crippen molar-refractivity contribution in [3.05, 3.63) is 82.3 Å². The van der Waals surface area contributed by atoms with E-state index in [2.05, 4.69) is 36.4 Å². The molecule has 0 unspecified atom stereocenters. The highest BCUT2D eigenvalue weighted by Crippen LogP contribution is 2.43. The summed E-state index contributed by atoms with van der Waals surface area (Å²) in [4.78, 5) is 4.64. The molecule has 0 amide bonds. The quantitative estimate of drug-likeness (QED) is 0.261. The molecule has 1 aliphatic rings. The van der Waals surface area contributed by atoms with Crippen molar-refractivity contribution in [1.29, 1.82) is 0 Å². The molecule has 0 radical (unpaired) electrons. The van der Waals surface area contributed by atoms with Gasteiger partial charge in [0.25, 0.3) is 0 Å². The lowest BCUT2D eigenvalue weighted by Gasteiger charge is -2.21. The Morgan fingerprint density at radius 1 is 1.06 bits per heavy atom. The Hall–Kier alpha value is -3.30. The first kappa shape index (κ1) is 23.4. The van der Waals surface area contributed by atoms with Gasteiger partial charge in [0.05, 0.1) is 11.6 Å². The molecule has 3 aromatic carbocycles. The van der Waals surface area contributed by atoms with Crippen molar-refractivity contribution < 1.29 is 14.2 Å². The number of nitrogens with zero attached hydrogens (tertiary/aromatic N) is 3. The normalized spacial score (nSPS) is 14.1. The second-order valence-electron chi connectivity index (χ2n) is 7.68. The van der Waals surface area contributed by atoms with E-state index in [-0.39, 0.29) is 0 Å². The molecule has 0 spiro atoms. The van der Waals surface area contributed by atoms with Crippen LogP contribution in [0.15, 0.2) is 76.4 Å². The van der Waals surface area contributed by atoms with Gasteiger partial charge in [-0.15, -0.1) is 10.2 Å². The Morgan fingerprint density at radius 2 is 1.86 bits per heavy atom. The number of rotatable bonds is 7. The maximum atomic E-state index is 6.38. The van der Waals surface area contributed by atoms with Gasteiger partial charge in [0.1, 0.15) is 6.61 Å². The molecule has 0 bridgehead atoms. The van der Waals surface area contributed by atoms with Crippen molar-refractivity contribution >= 4 is 33.4 Å². The maximum absolute atomic E-state index is 6.38. The summed E-state index contributed by atoms with van der Waals surface area (Å²) in [6, 6.07) is 21.8. The summed E-state index contributed by atoms with van der Waals surface area (Å²) in [7, 11) is 1.62. The molecule has 2 heterocycles. The van der Waals surface area contributed by atoms with Crippen LogP contribution in [0.2, 0.25) is 0 Å². The molecule has 0 saturated carbocycles. The smallest absolute Gasteiger partial charge is 0.247 e. The van der Waals surface area contributed by atoms with Gasteiger partial charge in [-0.2, -0.15) is 4.98 Å². The molecule has 0 aliphatic carbocycles. The van der Waals surface area contributed by atoms with Gasteiger partial charge in [-0.1, -0.05) is 67.2 Å². The third-order valence-corrected chi connectivity index (χ3v) is 6.70. The summed E-state index contributed by atoms with van der Waals surface area (Å²) in [5.74, 6) is 2.49. The fourth-order valence-corrected chi connectivity index (χ4v) is 4.83. The summed E-state index contributed by atoms with van der Waals surface area (Å²) in [5.41, 5.74) is 4.27. The van der Waals surface area contributed by atoms with E-state index in [0.717, 1.165) is 32.6 Å². The highest BCUT2D eigenvalue weighted by atomic mass is 79.9. The van der Waals surface area contributed by atoms with Crippen LogP contribution in [0.1, 0.15) is 24.3 Å². The lowest BCUT2D eigenvalue weighted by molar-refractivity contribution is 0.223. The molecule has 35 heavy (non-hydrogen) atoms. The number of para-hydroxylation sites is 1. The molecule has 1 aromatic heterocycles. The zero-order chi connectivity index (χ0) is 24.2. The number of anilines is 1. The molecular weight excluding hydrogens is 528 g/mol. The number of hydrogen-bond acceptors (Lipinski definition) is 8. The third kappa shape index (κ3) is 5.06. The Bertz CT molecular complexity index is 1340. The van der Waals surface area contributed by atoms with E-state index in [1.54, 1.807) is 7.11 Å². The molecular formula is C26H23BrN4O3S. The SMILES string of the molecule is CCSc1nnc2c(n1)O[C@H](c1cc(Br)c(OCc3ccccc3)c(OC)c1)Nc1ccccc1-2. The summed E-state index contributed by atoms with van der Waals surface area (Å²) in [6.45, 7) is 2.47. The lowest BCUT2D eigenvalue weighted by atomic mass is 10.1. The molecule has 1 aliphatic heterocycles. The number of hydrogen-bond donors (Lipinski definition) is 1. The van der Waals surface area contributed by atoms with E-state index in [1.807, 2.05) is 73.7 Å². The number of methoxy groups -OCH3 is 1. The van der Waals surface area contributed by atoms with Crippen molar-refractivity contribution in [1.82, 2.24) is 15.2 Å². The van der Waals surface area contributed by atoms with E-state index in [9.17, 15) is 0 Å². The third-order valence-electron chi connectivity index (χ3n) is 5.39. The van der Waals surface area contributed by atoms with Crippen molar-refractivity contribution in [2.45, 2.75) is 24.9 Å². The van der Waals surface area contributed by atoms with Gasteiger partial charge in [-0.05, 0) is 45.4 Å². The van der Waals surface area contributed by atoms with E-state index < -0.39 is 6.23 Å². The molecule has 0 saturated heterocycles. The van der Waals surface area contributed by atoms with Gasteiger partial charge in [0.15, 0.2) is 23.4 Å². The monoisotopic (exact) mass is 550 g/mol. The second-order valence-corrected chi connectivity index (χ2v) is 9.76. The van der Waals surface area contributed by atoms with Crippen molar-refractivity contribution in [2.24, 2.45) is 0 Å². The number of halogens is 1. The molecule has 5 rings (SSSR count). The average molecular weight is 551 g/mol. The first-order valence-corrected chi connectivity index (χ1v) is 12.9. The van der Waals surface area contributed by atoms with Crippen molar-refractivity contribution in [2.75, 3.05) is 18.2 Å². The van der Waals surface area contributed by atoms with Gasteiger partial charge in [0, 0.05) is 16.8 Å². The average Bonchev–Trinajstić information content (AvgIpc) is 3.05. The predicted molar refractivity (Wildman–Crippen MR) is 140 cm³/mol. The second kappa shape index (κ2) is 10.5. The standard InChI is InChI=1S/C26H23BrN4O3S/c1-3-35-26-29-25-22(30-31-26)18-11-7-8-12-20(18)28-24(34-25)17-13-19(27)23(21(14-17)32-2)33-15-16-9-5-4-6-10-16/h4-14,24,28H,3,15H2,1-2H3/t24-/m1/s1. The van der Waals surface area contributed by atoms with E-state index in [0.29, 0.717) is 34.8 Å². The summed E-state index contributed by atoms with van der Waals surface area (Å²) >= 11 is 5.18. The van der Waals surface area contributed by atoms with Crippen LogP contribution in [0.3, 0.4) is 0 Å². The van der Waals surface area contributed by atoms with Gasteiger partial charge in [-0.3, -0.25) is 0 Å². The zero-order valence-corrected chi connectivity index (χ0v) is 21.6. The van der Waals surface area contributed by atoms with E-state index in [1.165, 1.54) is 11.8 Å². The van der Waals surface area contributed by atoms with Crippen LogP contribution in [0, 0.1) is 0 Å². The van der Waals surface area contributed by atoms with Crippen LogP contribution in [-0.4, -0.2) is 28.0 Å². The zero-order valence-electron chi connectivity index (χ0n) is 19.2. The number of benzene rings is 3. The molecule has 9 heteroatoms. The maximum Gasteiger partial charge on any atom is 0.247 e.